The van der Waals surface area contributed by atoms with Crippen LogP contribution < -0.4 is 15.4 Å². The summed E-state index contributed by atoms with van der Waals surface area (Å²) in [5, 5.41) is 14.6. The number of ether oxygens (including phenoxy) is 1. The first kappa shape index (κ1) is 15.1. The highest BCUT2D eigenvalue weighted by Gasteiger charge is 2.21. The first-order valence-corrected chi connectivity index (χ1v) is 6.67. The lowest BCUT2D eigenvalue weighted by atomic mass is 10.2. The van der Waals surface area contributed by atoms with Crippen molar-refractivity contribution in [2.75, 3.05) is 32.6 Å². The Labute approximate surface area is 122 Å². The maximum Gasteiger partial charge on any atom is 0.339 e. The van der Waals surface area contributed by atoms with Crippen LogP contribution in [0, 0.1) is 0 Å². The van der Waals surface area contributed by atoms with Crippen molar-refractivity contribution in [1.82, 2.24) is 10.2 Å². The van der Waals surface area contributed by atoms with Gasteiger partial charge in [-0.1, -0.05) is 0 Å². The highest BCUT2D eigenvalue weighted by molar-refractivity contribution is 5.94. The van der Waals surface area contributed by atoms with Crippen molar-refractivity contribution in [3.63, 3.8) is 0 Å². The maximum absolute atomic E-state index is 11.9. The molecule has 3 N–H and O–H groups in total. The monoisotopic (exact) mass is 293 g/mol. The van der Waals surface area contributed by atoms with Gasteiger partial charge in [-0.2, -0.15) is 0 Å². The van der Waals surface area contributed by atoms with Gasteiger partial charge in [0.2, 0.25) is 0 Å². The summed E-state index contributed by atoms with van der Waals surface area (Å²) in [4.78, 5) is 25.0. The normalized spacial score (nSPS) is 18.3. The van der Waals surface area contributed by atoms with E-state index < -0.39 is 5.97 Å². The number of hydrogen-bond donors (Lipinski definition) is 3. The number of nitrogens with zero attached hydrogens (tertiary/aromatic N) is 1. The van der Waals surface area contributed by atoms with Crippen LogP contribution in [-0.2, 0) is 0 Å². The van der Waals surface area contributed by atoms with Crippen LogP contribution in [0.2, 0.25) is 0 Å². The summed E-state index contributed by atoms with van der Waals surface area (Å²) >= 11 is 0. The molecule has 1 fully saturated rings. The number of hydrogen-bond acceptors (Lipinski definition) is 4. The van der Waals surface area contributed by atoms with Crippen molar-refractivity contribution in [2.24, 2.45) is 0 Å². The van der Waals surface area contributed by atoms with Gasteiger partial charge in [0.15, 0.2) is 0 Å². The summed E-state index contributed by atoms with van der Waals surface area (Å²) in [6.45, 7) is 1.79. The molecule has 1 aliphatic rings. The van der Waals surface area contributed by atoms with Gasteiger partial charge in [0.1, 0.15) is 11.3 Å². The molecule has 0 radical (unpaired) electrons. The molecule has 114 valence electrons. The van der Waals surface area contributed by atoms with Crippen LogP contribution in [0.5, 0.6) is 5.75 Å². The Morgan fingerprint density at radius 2 is 2.19 bits per heavy atom. The molecule has 0 aliphatic carbocycles. The minimum absolute atomic E-state index is 0.0564. The fraction of sp³-hybridized carbons (Fsp3) is 0.429. The number of nitrogens with one attached hydrogen (secondary N) is 2. The molecule has 1 heterocycles. The molecule has 7 nitrogen and oxygen atoms in total. The molecule has 0 saturated carbocycles. The highest BCUT2D eigenvalue weighted by atomic mass is 16.5. The SMILES string of the molecule is COc1cc(NC(=O)NC2CCN(C)C2)ccc1C(=O)O. The number of amides is 2. The van der Waals surface area contributed by atoms with Gasteiger partial charge in [-0.25, -0.2) is 9.59 Å². The Morgan fingerprint density at radius 3 is 2.76 bits per heavy atom. The van der Waals surface area contributed by atoms with E-state index in [4.69, 9.17) is 9.84 Å². The molecular weight excluding hydrogens is 274 g/mol. The number of urea groups is 1. The van der Waals surface area contributed by atoms with Crippen molar-refractivity contribution >= 4 is 17.7 Å². The molecule has 0 spiro atoms. The maximum atomic E-state index is 11.9. The zero-order valence-corrected chi connectivity index (χ0v) is 12.0. The van der Waals surface area contributed by atoms with E-state index in [1.807, 2.05) is 7.05 Å². The molecule has 0 bridgehead atoms. The summed E-state index contributed by atoms with van der Waals surface area (Å²) < 4.78 is 5.02. The zero-order chi connectivity index (χ0) is 15.4. The first-order chi connectivity index (χ1) is 9.99. The largest absolute Gasteiger partial charge is 0.496 e. The van der Waals surface area contributed by atoms with E-state index in [2.05, 4.69) is 15.5 Å². The van der Waals surface area contributed by atoms with Crippen molar-refractivity contribution in [2.45, 2.75) is 12.5 Å². The molecule has 2 rings (SSSR count). The molecule has 1 aromatic rings. The minimum atomic E-state index is -1.07. The number of aromatic carboxylic acids is 1. The number of likely N-dealkylation sites (tertiary alicyclic amines) is 1. The van der Waals surface area contributed by atoms with Crippen LogP contribution in [-0.4, -0.2) is 55.3 Å². The van der Waals surface area contributed by atoms with E-state index >= 15 is 0 Å². The van der Waals surface area contributed by atoms with Crippen LogP contribution >= 0.6 is 0 Å². The molecule has 0 aromatic heterocycles. The summed E-state index contributed by atoms with van der Waals surface area (Å²) in [7, 11) is 3.40. The number of carbonyl (C=O) groups is 2. The second-order valence-electron chi connectivity index (χ2n) is 5.07. The molecule has 7 heteroatoms. The number of anilines is 1. The third-order valence-electron chi connectivity index (χ3n) is 3.42. The van der Waals surface area contributed by atoms with Crippen LogP contribution in [0.3, 0.4) is 0 Å². The highest BCUT2D eigenvalue weighted by Crippen LogP contribution is 2.23. The van der Waals surface area contributed by atoms with E-state index in [-0.39, 0.29) is 23.4 Å². The quantitative estimate of drug-likeness (QED) is 0.776. The zero-order valence-electron chi connectivity index (χ0n) is 12.0. The average Bonchev–Trinajstić information content (AvgIpc) is 2.83. The summed E-state index contributed by atoms with van der Waals surface area (Å²) in [6.07, 6.45) is 0.922. The number of methoxy groups -OCH3 is 1. The molecule has 2 amide bonds. The van der Waals surface area contributed by atoms with Crippen molar-refractivity contribution in [1.29, 1.82) is 0 Å². The number of rotatable bonds is 4. The molecule has 1 atom stereocenters. The lowest BCUT2D eigenvalue weighted by Crippen LogP contribution is -2.39. The van der Waals surface area contributed by atoms with Crippen molar-refractivity contribution in [3.8, 4) is 5.75 Å². The van der Waals surface area contributed by atoms with E-state index in [9.17, 15) is 9.59 Å². The van der Waals surface area contributed by atoms with Crippen LogP contribution in [0.4, 0.5) is 10.5 Å². The standard InChI is InChI=1S/C14H19N3O4/c1-17-6-5-10(8-17)16-14(20)15-9-3-4-11(13(18)19)12(7-9)21-2/h3-4,7,10H,5-6,8H2,1-2H3,(H,18,19)(H2,15,16,20). The van der Waals surface area contributed by atoms with Gasteiger partial charge in [0.05, 0.1) is 7.11 Å². The molecule has 1 aliphatic heterocycles. The van der Waals surface area contributed by atoms with Gasteiger partial charge < -0.3 is 25.4 Å². The Kier molecular flexibility index (Phi) is 4.64. The number of carboxylic acid groups (broad SMARTS) is 1. The lowest BCUT2D eigenvalue weighted by Gasteiger charge is -2.14. The average molecular weight is 293 g/mol. The minimum Gasteiger partial charge on any atom is -0.496 e. The topological polar surface area (TPSA) is 90.9 Å². The third kappa shape index (κ3) is 3.85. The van der Waals surface area contributed by atoms with Crippen molar-refractivity contribution < 1.29 is 19.4 Å². The predicted molar refractivity (Wildman–Crippen MR) is 78.0 cm³/mol. The van der Waals surface area contributed by atoms with Crippen LogP contribution in [0.1, 0.15) is 16.8 Å². The Morgan fingerprint density at radius 1 is 1.43 bits per heavy atom. The Balaban J connectivity index is 1.99. The van der Waals surface area contributed by atoms with Gasteiger partial charge >= 0.3 is 12.0 Å². The number of carboxylic acids is 1. The van der Waals surface area contributed by atoms with E-state index in [0.717, 1.165) is 19.5 Å². The van der Waals surface area contributed by atoms with Gasteiger partial charge in [-0.15, -0.1) is 0 Å². The van der Waals surface area contributed by atoms with Gasteiger partial charge in [0.25, 0.3) is 0 Å². The summed E-state index contributed by atoms with van der Waals surface area (Å²) in [5.41, 5.74) is 0.543. The molecule has 1 aromatic carbocycles. The van der Waals surface area contributed by atoms with Gasteiger partial charge in [-0.05, 0) is 32.1 Å². The van der Waals surface area contributed by atoms with Crippen molar-refractivity contribution in [3.05, 3.63) is 23.8 Å². The molecule has 21 heavy (non-hydrogen) atoms. The van der Waals surface area contributed by atoms with Crippen LogP contribution in [0.15, 0.2) is 18.2 Å². The van der Waals surface area contributed by atoms with Crippen LogP contribution in [0.25, 0.3) is 0 Å². The fourth-order valence-corrected chi connectivity index (χ4v) is 2.35. The molecule has 1 saturated heterocycles. The summed E-state index contributed by atoms with van der Waals surface area (Å²) in [5.74, 6) is -0.863. The van der Waals surface area contributed by atoms with Gasteiger partial charge in [0, 0.05) is 24.3 Å². The second kappa shape index (κ2) is 6.45. The predicted octanol–water partition coefficient (Wildman–Crippen LogP) is 1.22. The fourth-order valence-electron chi connectivity index (χ4n) is 2.35. The smallest absolute Gasteiger partial charge is 0.339 e. The van der Waals surface area contributed by atoms with E-state index in [0.29, 0.717) is 5.69 Å². The Bertz CT molecular complexity index is 547. The first-order valence-electron chi connectivity index (χ1n) is 6.67. The second-order valence-corrected chi connectivity index (χ2v) is 5.07. The van der Waals surface area contributed by atoms with Gasteiger partial charge in [-0.3, -0.25) is 0 Å². The van der Waals surface area contributed by atoms with E-state index in [1.165, 1.54) is 25.3 Å². The Hall–Kier alpha value is -2.28. The number of likely N-dealkylation sites (N-methyl/N-ethyl adjacent to an activating group) is 1. The van der Waals surface area contributed by atoms with E-state index in [1.54, 1.807) is 0 Å². The molecular formula is C14H19N3O4. The summed E-state index contributed by atoms with van der Waals surface area (Å²) in [6, 6.07) is 4.26. The molecule has 1 unspecified atom stereocenters. The third-order valence-corrected chi connectivity index (χ3v) is 3.42. The number of carbonyl (C=O) groups excluding carboxylic acids is 1. The number of benzene rings is 1. The lowest BCUT2D eigenvalue weighted by molar-refractivity contribution is 0.0693.